The molecule has 0 saturated carbocycles. The minimum absolute atomic E-state index is 0.314. The smallest absolute Gasteiger partial charge is 0.247 e. The van der Waals surface area contributed by atoms with Gasteiger partial charge >= 0.3 is 0 Å². The van der Waals surface area contributed by atoms with Gasteiger partial charge in [-0.3, -0.25) is 14.4 Å². The number of methoxy groups -OCH3 is 2. The number of hydrogen-bond donors (Lipinski definition) is 2. The highest BCUT2D eigenvalue weighted by Gasteiger charge is 2.70. The van der Waals surface area contributed by atoms with Crippen molar-refractivity contribution < 1.29 is 23.9 Å². The lowest BCUT2D eigenvalue weighted by Gasteiger charge is -2.37. The highest BCUT2D eigenvalue weighted by atomic mass is 16.5. The topological polar surface area (TPSA) is 97.0 Å². The number of nitrogens with zero attached hydrogens (tertiary/aromatic N) is 1. The Labute approximate surface area is 248 Å². The molecule has 8 nitrogen and oxygen atoms in total. The second-order valence-electron chi connectivity index (χ2n) is 10.9. The van der Waals surface area contributed by atoms with Gasteiger partial charge in [0, 0.05) is 22.6 Å². The Bertz CT molecular complexity index is 1800. The zero-order chi connectivity index (χ0) is 29.7. The highest BCUT2D eigenvalue weighted by molar-refractivity contribution is 6.17. The number of hydrogen-bond acceptors (Lipinski definition) is 6. The molecule has 1 saturated heterocycles. The molecule has 0 radical (unpaired) electrons. The fraction of sp³-hybridized carbons (Fsp3) is 0.171. The van der Waals surface area contributed by atoms with Gasteiger partial charge in [-0.15, -0.1) is 0 Å². The van der Waals surface area contributed by atoms with E-state index in [4.69, 9.17) is 9.47 Å². The molecular weight excluding hydrogens is 542 g/mol. The third-order valence-corrected chi connectivity index (χ3v) is 8.80. The molecule has 43 heavy (non-hydrogen) atoms. The second kappa shape index (κ2) is 10.2. The minimum Gasteiger partial charge on any atom is -0.493 e. The van der Waals surface area contributed by atoms with Crippen LogP contribution in [0.25, 0.3) is 6.08 Å². The van der Waals surface area contributed by atoms with E-state index in [2.05, 4.69) is 10.6 Å². The van der Waals surface area contributed by atoms with Crippen molar-refractivity contribution in [2.75, 3.05) is 29.8 Å². The summed E-state index contributed by atoms with van der Waals surface area (Å²) in [4.78, 5) is 45.8. The van der Waals surface area contributed by atoms with E-state index in [0.29, 0.717) is 34.0 Å². The van der Waals surface area contributed by atoms with Crippen molar-refractivity contribution in [2.24, 2.45) is 5.92 Å². The molecule has 1 fully saturated rings. The van der Waals surface area contributed by atoms with E-state index in [0.717, 1.165) is 11.3 Å². The first-order chi connectivity index (χ1) is 21.0. The van der Waals surface area contributed by atoms with Crippen LogP contribution in [0.2, 0.25) is 0 Å². The number of para-hydroxylation sites is 3. The first-order valence-electron chi connectivity index (χ1n) is 14.1. The molecule has 4 aromatic carbocycles. The summed E-state index contributed by atoms with van der Waals surface area (Å²) in [5, 5.41) is 6.08. The Morgan fingerprint density at radius 2 is 1.58 bits per heavy atom. The number of fused-ring (bicyclic) bond motifs is 6. The molecule has 214 valence electrons. The van der Waals surface area contributed by atoms with Gasteiger partial charge in [-0.05, 0) is 53.6 Å². The van der Waals surface area contributed by atoms with Gasteiger partial charge in [0.15, 0.2) is 17.3 Å². The average molecular weight is 572 g/mol. The van der Waals surface area contributed by atoms with Crippen LogP contribution in [0.15, 0.2) is 103 Å². The van der Waals surface area contributed by atoms with Gasteiger partial charge in [0.25, 0.3) is 0 Å². The molecule has 3 aliphatic rings. The summed E-state index contributed by atoms with van der Waals surface area (Å²) in [6.07, 6.45) is 3.93. The lowest BCUT2D eigenvalue weighted by molar-refractivity contribution is -0.122. The van der Waals surface area contributed by atoms with E-state index >= 15 is 0 Å². The van der Waals surface area contributed by atoms with Gasteiger partial charge in [0.2, 0.25) is 11.8 Å². The summed E-state index contributed by atoms with van der Waals surface area (Å²) in [5.74, 6) is -1.29. The zero-order valence-electron chi connectivity index (χ0n) is 23.6. The van der Waals surface area contributed by atoms with Crippen molar-refractivity contribution in [3.05, 3.63) is 120 Å². The number of Topliss-reactive ketones (excluding diaryl/α,β-unsaturated/α-hetero) is 1. The first-order valence-corrected chi connectivity index (χ1v) is 14.1. The van der Waals surface area contributed by atoms with Crippen molar-refractivity contribution in [3.63, 3.8) is 0 Å². The molecule has 0 aliphatic carbocycles. The van der Waals surface area contributed by atoms with Gasteiger partial charge in [-0.1, -0.05) is 66.7 Å². The summed E-state index contributed by atoms with van der Waals surface area (Å²) in [5.41, 5.74) is 2.51. The van der Waals surface area contributed by atoms with E-state index in [9.17, 15) is 14.4 Å². The molecule has 1 spiro atoms. The molecule has 0 bridgehead atoms. The quantitative estimate of drug-likeness (QED) is 0.304. The van der Waals surface area contributed by atoms with Crippen LogP contribution in [0, 0.1) is 5.92 Å². The van der Waals surface area contributed by atoms with E-state index in [1.165, 1.54) is 14.2 Å². The fourth-order valence-electron chi connectivity index (χ4n) is 7.03. The van der Waals surface area contributed by atoms with Crippen molar-refractivity contribution in [3.8, 4) is 11.5 Å². The SMILES string of the molecule is COc1ccc(C(=O)[C@H]2[C@@H](C(=O)Nc3ccccc3)N3c4ccccc4C=C[C@@H]3[C@]23C(=O)Nc2ccccc23)cc1OC. The number of carbonyl (C=O) groups excluding carboxylic acids is 3. The monoisotopic (exact) mass is 571 g/mol. The van der Waals surface area contributed by atoms with Crippen LogP contribution in [0.4, 0.5) is 17.1 Å². The normalized spacial score (nSPS) is 22.8. The molecule has 2 amide bonds. The number of carbonyl (C=O) groups is 3. The lowest BCUT2D eigenvalue weighted by Crippen LogP contribution is -2.51. The number of ether oxygens (including phenoxy) is 2. The summed E-state index contributed by atoms with van der Waals surface area (Å²) >= 11 is 0. The standard InChI is InChI=1S/C35H29N3O5/c1-42-27-18-16-22(20-28(27)43-2)32(39)30-31(33(40)36-23-11-4-3-5-12-23)38-26-15-9-6-10-21(26)17-19-29(38)35(30)24-13-7-8-14-25(24)37-34(35)41/h3-20,29-31H,1-2H3,(H,36,40)(H,37,41)/t29-,30-,31+,35+/m1/s1. The summed E-state index contributed by atoms with van der Waals surface area (Å²) in [6.45, 7) is 0. The second-order valence-corrected chi connectivity index (χ2v) is 10.9. The molecule has 0 aromatic heterocycles. The van der Waals surface area contributed by atoms with Crippen molar-refractivity contribution in [1.82, 2.24) is 0 Å². The zero-order valence-corrected chi connectivity index (χ0v) is 23.6. The maximum absolute atomic E-state index is 14.9. The molecular formula is C35H29N3O5. The van der Waals surface area contributed by atoms with Gasteiger partial charge in [-0.25, -0.2) is 0 Å². The molecule has 4 atom stereocenters. The van der Waals surface area contributed by atoms with Gasteiger partial charge in [-0.2, -0.15) is 0 Å². The van der Waals surface area contributed by atoms with Crippen LogP contribution < -0.4 is 25.0 Å². The fourth-order valence-corrected chi connectivity index (χ4v) is 7.03. The molecule has 7 rings (SSSR count). The van der Waals surface area contributed by atoms with Crippen LogP contribution >= 0.6 is 0 Å². The molecule has 3 aliphatic heterocycles. The Kier molecular flexibility index (Phi) is 6.27. The van der Waals surface area contributed by atoms with Crippen LogP contribution in [-0.2, 0) is 15.0 Å². The molecule has 2 N–H and O–H groups in total. The van der Waals surface area contributed by atoms with Crippen molar-refractivity contribution in [1.29, 1.82) is 0 Å². The Balaban J connectivity index is 1.48. The third kappa shape index (κ3) is 3.86. The number of amides is 2. The minimum atomic E-state index is -1.40. The Hall–Kier alpha value is -5.37. The van der Waals surface area contributed by atoms with E-state index in [1.807, 2.05) is 83.8 Å². The third-order valence-electron chi connectivity index (χ3n) is 8.80. The van der Waals surface area contributed by atoms with E-state index in [1.54, 1.807) is 30.3 Å². The predicted molar refractivity (Wildman–Crippen MR) is 165 cm³/mol. The van der Waals surface area contributed by atoms with Crippen LogP contribution in [0.5, 0.6) is 11.5 Å². The van der Waals surface area contributed by atoms with Crippen LogP contribution in [-0.4, -0.2) is 43.9 Å². The maximum Gasteiger partial charge on any atom is 0.247 e. The van der Waals surface area contributed by atoms with E-state index in [-0.39, 0.29) is 17.6 Å². The number of anilines is 3. The highest BCUT2D eigenvalue weighted by Crippen LogP contribution is 2.57. The largest absolute Gasteiger partial charge is 0.493 e. The van der Waals surface area contributed by atoms with Crippen LogP contribution in [0.1, 0.15) is 21.5 Å². The molecule has 0 unspecified atom stereocenters. The number of benzene rings is 4. The van der Waals surface area contributed by atoms with Gasteiger partial charge < -0.3 is 25.0 Å². The van der Waals surface area contributed by atoms with Crippen molar-refractivity contribution >= 4 is 40.7 Å². The number of nitrogens with one attached hydrogen (secondary N) is 2. The average Bonchev–Trinajstić information content (AvgIpc) is 3.53. The molecule has 3 heterocycles. The summed E-state index contributed by atoms with van der Waals surface area (Å²) in [6, 6.07) is 27.6. The van der Waals surface area contributed by atoms with Crippen molar-refractivity contribution in [2.45, 2.75) is 17.5 Å². The maximum atomic E-state index is 14.9. The molecule has 8 heteroatoms. The first kappa shape index (κ1) is 26.5. The number of ketones is 1. The van der Waals surface area contributed by atoms with Gasteiger partial charge in [0.1, 0.15) is 11.5 Å². The van der Waals surface area contributed by atoms with E-state index < -0.39 is 23.4 Å². The Morgan fingerprint density at radius 3 is 2.37 bits per heavy atom. The molecule has 4 aromatic rings. The van der Waals surface area contributed by atoms with Crippen LogP contribution in [0.3, 0.4) is 0 Å². The summed E-state index contributed by atoms with van der Waals surface area (Å²) in [7, 11) is 3.03. The van der Waals surface area contributed by atoms with Gasteiger partial charge in [0.05, 0.1) is 26.2 Å². The predicted octanol–water partition coefficient (Wildman–Crippen LogP) is 5.32. The lowest BCUT2D eigenvalue weighted by atomic mass is 9.64. The Morgan fingerprint density at radius 1 is 0.860 bits per heavy atom. The summed E-state index contributed by atoms with van der Waals surface area (Å²) < 4.78 is 10.9. The number of rotatable bonds is 6.